The normalized spacial score (nSPS) is 9.69. The standard InChI is InChI=1S/C9H11NO3/c1-6-3-8(11)4-7(10-6)5-9(12)13-2/h3-4H,5H2,1-2H3,(H,10,11). The number of nitrogens with one attached hydrogen (secondary N) is 1. The highest BCUT2D eigenvalue weighted by Crippen LogP contribution is 1.95. The summed E-state index contributed by atoms with van der Waals surface area (Å²) in [6, 6.07) is 2.87. The van der Waals surface area contributed by atoms with Gasteiger partial charge >= 0.3 is 5.97 Å². The average Bonchev–Trinajstić information content (AvgIpc) is 2.02. The number of aromatic amines is 1. The van der Waals surface area contributed by atoms with Crippen LogP contribution >= 0.6 is 0 Å². The van der Waals surface area contributed by atoms with Crippen LogP contribution in [0.3, 0.4) is 0 Å². The molecule has 0 aliphatic heterocycles. The third-order valence-electron chi connectivity index (χ3n) is 1.60. The van der Waals surface area contributed by atoms with E-state index in [1.807, 2.05) is 0 Å². The van der Waals surface area contributed by atoms with Gasteiger partial charge < -0.3 is 9.72 Å². The van der Waals surface area contributed by atoms with E-state index < -0.39 is 0 Å². The SMILES string of the molecule is COC(=O)Cc1cc(=O)cc(C)[nH]1. The maximum absolute atomic E-state index is 11.0. The summed E-state index contributed by atoms with van der Waals surface area (Å²) in [6.07, 6.45) is 0.105. The Labute approximate surface area is 75.5 Å². The fourth-order valence-corrected chi connectivity index (χ4v) is 1.08. The van der Waals surface area contributed by atoms with Crippen LogP contribution in [0, 0.1) is 6.92 Å². The molecule has 0 radical (unpaired) electrons. The first kappa shape index (κ1) is 9.51. The number of aryl methyl sites for hydroxylation is 1. The lowest BCUT2D eigenvalue weighted by atomic mass is 10.2. The van der Waals surface area contributed by atoms with Gasteiger partial charge in [-0.2, -0.15) is 0 Å². The Hall–Kier alpha value is -1.58. The Balaban J connectivity index is 2.89. The molecular weight excluding hydrogens is 170 g/mol. The molecule has 0 saturated heterocycles. The van der Waals surface area contributed by atoms with Gasteiger partial charge in [-0.25, -0.2) is 0 Å². The molecule has 4 nitrogen and oxygen atoms in total. The van der Waals surface area contributed by atoms with Gasteiger partial charge in [-0.15, -0.1) is 0 Å². The van der Waals surface area contributed by atoms with Crippen LogP contribution in [0.4, 0.5) is 0 Å². The first-order chi connectivity index (χ1) is 6.11. The number of hydrogen-bond acceptors (Lipinski definition) is 3. The first-order valence-corrected chi connectivity index (χ1v) is 3.88. The summed E-state index contributed by atoms with van der Waals surface area (Å²) in [6.45, 7) is 1.77. The number of aromatic nitrogens is 1. The highest BCUT2D eigenvalue weighted by atomic mass is 16.5. The molecule has 0 aliphatic carbocycles. The van der Waals surface area contributed by atoms with E-state index in [2.05, 4.69) is 9.72 Å². The number of ether oxygens (including phenoxy) is 1. The van der Waals surface area contributed by atoms with Gasteiger partial charge in [0.15, 0.2) is 5.43 Å². The second kappa shape index (κ2) is 3.89. The van der Waals surface area contributed by atoms with Crippen LogP contribution in [0.2, 0.25) is 0 Å². The zero-order valence-corrected chi connectivity index (χ0v) is 7.59. The molecule has 13 heavy (non-hydrogen) atoms. The number of pyridine rings is 1. The third-order valence-corrected chi connectivity index (χ3v) is 1.60. The van der Waals surface area contributed by atoms with E-state index in [0.717, 1.165) is 5.69 Å². The van der Waals surface area contributed by atoms with Gasteiger partial charge in [-0.3, -0.25) is 9.59 Å². The Morgan fingerprint density at radius 1 is 1.54 bits per heavy atom. The number of methoxy groups -OCH3 is 1. The molecule has 0 bridgehead atoms. The summed E-state index contributed by atoms with van der Waals surface area (Å²) >= 11 is 0. The smallest absolute Gasteiger partial charge is 0.311 e. The Bertz CT molecular complexity index is 367. The number of H-pyrrole nitrogens is 1. The molecule has 1 aromatic heterocycles. The molecule has 0 unspecified atom stereocenters. The van der Waals surface area contributed by atoms with Crippen molar-refractivity contribution in [1.82, 2.24) is 4.98 Å². The van der Waals surface area contributed by atoms with Gasteiger partial charge in [0.25, 0.3) is 0 Å². The van der Waals surface area contributed by atoms with Crippen molar-refractivity contribution in [1.29, 1.82) is 0 Å². The van der Waals surface area contributed by atoms with E-state index in [9.17, 15) is 9.59 Å². The van der Waals surface area contributed by atoms with E-state index in [4.69, 9.17) is 0 Å². The molecule has 4 heteroatoms. The van der Waals surface area contributed by atoms with Crippen LogP contribution in [0.15, 0.2) is 16.9 Å². The van der Waals surface area contributed by atoms with Gasteiger partial charge in [-0.05, 0) is 6.92 Å². The first-order valence-electron chi connectivity index (χ1n) is 3.88. The van der Waals surface area contributed by atoms with Crippen LogP contribution in [0.1, 0.15) is 11.4 Å². The van der Waals surface area contributed by atoms with Gasteiger partial charge in [0.2, 0.25) is 0 Å². The fourth-order valence-electron chi connectivity index (χ4n) is 1.08. The molecule has 0 saturated carbocycles. The number of esters is 1. The van der Waals surface area contributed by atoms with Crippen molar-refractivity contribution >= 4 is 5.97 Å². The molecule has 0 fully saturated rings. The van der Waals surface area contributed by atoms with Crippen molar-refractivity contribution in [2.75, 3.05) is 7.11 Å². The summed E-state index contributed by atoms with van der Waals surface area (Å²) in [4.78, 5) is 24.8. The van der Waals surface area contributed by atoms with Crippen LogP contribution in [0.5, 0.6) is 0 Å². The lowest BCUT2D eigenvalue weighted by Crippen LogP contribution is -2.10. The van der Waals surface area contributed by atoms with Crippen LogP contribution in [0.25, 0.3) is 0 Å². The van der Waals surface area contributed by atoms with Gasteiger partial charge in [0, 0.05) is 23.5 Å². The minimum absolute atomic E-state index is 0.102. The van der Waals surface area contributed by atoms with Crippen molar-refractivity contribution in [3.05, 3.63) is 33.7 Å². The average molecular weight is 181 g/mol. The van der Waals surface area contributed by atoms with Gasteiger partial charge in [0.1, 0.15) is 0 Å². The minimum atomic E-state index is -0.360. The molecule has 0 amide bonds. The van der Waals surface area contributed by atoms with E-state index in [-0.39, 0.29) is 17.8 Å². The number of rotatable bonds is 2. The maximum Gasteiger partial charge on any atom is 0.311 e. The highest BCUT2D eigenvalue weighted by molar-refractivity contribution is 5.71. The summed E-state index contributed by atoms with van der Waals surface area (Å²) in [7, 11) is 1.32. The van der Waals surface area contributed by atoms with Crippen LogP contribution in [-0.2, 0) is 16.0 Å². The number of carbonyl (C=O) groups excluding carboxylic acids is 1. The largest absolute Gasteiger partial charge is 0.469 e. The topological polar surface area (TPSA) is 59.2 Å². The summed E-state index contributed by atoms with van der Waals surface area (Å²) in [5, 5.41) is 0. The second-order valence-electron chi connectivity index (χ2n) is 2.78. The van der Waals surface area contributed by atoms with Gasteiger partial charge in [-0.1, -0.05) is 0 Å². The molecular formula is C9H11NO3. The van der Waals surface area contributed by atoms with Crippen molar-refractivity contribution in [2.24, 2.45) is 0 Å². The van der Waals surface area contributed by atoms with E-state index >= 15 is 0 Å². The Morgan fingerprint density at radius 2 is 2.23 bits per heavy atom. The summed E-state index contributed by atoms with van der Waals surface area (Å²) in [5.74, 6) is -0.360. The quantitative estimate of drug-likeness (QED) is 0.672. The Morgan fingerprint density at radius 3 is 2.77 bits per heavy atom. The summed E-state index contributed by atoms with van der Waals surface area (Å²) < 4.78 is 4.47. The number of hydrogen-bond donors (Lipinski definition) is 1. The van der Waals surface area contributed by atoms with E-state index in [1.54, 1.807) is 6.92 Å². The van der Waals surface area contributed by atoms with Crippen molar-refractivity contribution in [2.45, 2.75) is 13.3 Å². The lowest BCUT2D eigenvalue weighted by molar-refractivity contribution is -0.139. The molecule has 1 heterocycles. The molecule has 0 aromatic carbocycles. The maximum atomic E-state index is 11.0. The molecule has 70 valence electrons. The highest BCUT2D eigenvalue weighted by Gasteiger charge is 2.03. The molecule has 0 spiro atoms. The molecule has 1 aromatic rings. The Kier molecular flexibility index (Phi) is 2.84. The second-order valence-corrected chi connectivity index (χ2v) is 2.78. The molecule has 0 atom stereocenters. The third kappa shape index (κ3) is 2.74. The van der Waals surface area contributed by atoms with E-state index in [1.165, 1.54) is 19.2 Å². The zero-order valence-electron chi connectivity index (χ0n) is 7.59. The molecule has 1 N–H and O–H groups in total. The predicted octanol–water partition coefficient (Wildman–Crippen LogP) is 0.399. The van der Waals surface area contributed by atoms with Crippen LogP contribution < -0.4 is 5.43 Å². The monoisotopic (exact) mass is 181 g/mol. The van der Waals surface area contributed by atoms with Crippen molar-refractivity contribution in [3.63, 3.8) is 0 Å². The molecule has 0 aliphatic rings. The predicted molar refractivity (Wildman–Crippen MR) is 47.5 cm³/mol. The van der Waals surface area contributed by atoms with Crippen molar-refractivity contribution < 1.29 is 9.53 Å². The van der Waals surface area contributed by atoms with Gasteiger partial charge in [0.05, 0.1) is 13.5 Å². The number of carbonyl (C=O) groups is 1. The van der Waals surface area contributed by atoms with Crippen molar-refractivity contribution in [3.8, 4) is 0 Å². The summed E-state index contributed by atoms with van der Waals surface area (Å²) in [5.41, 5.74) is 1.22. The van der Waals surface area contributed by atoms with E-state index in [0.29, 0.717) is 5.69 Å². The minimum Gasteiger partial charge on any atom is -0.469 e. The fraction of sp³-hybridized carbons (Fsp3) is 0.333. The molecule has 1 rings (SSSR count). The lowest BCUT2D eigenvalue weighted by Gasteiger charge is -2.00. The van der Waals surface area contributed by atoms with Crippen LogP contribution in [-0.4, -0.2) is 18.1 Å². The zero-order chi connectivity index (χ0) is 9.84.